The van der Waals surface area contributed by atoms with Gasteiger partial charge in [0, 0.05) is 16.0 Å². The molecule has 0 aliphatic rings. The number of halogens is 1. The monoisotopic (exact) mass is 378 g/mol. The molecular formula is C21H13ClNO4-. The minimum Gasteiger partial charge on any atom is -0.870 e. The number of pyridine rings is 1. The Labute approximate surface area is 159 Å². The zero-order valence-corrected chi connectivity index (χ0v) is 14.9. The molecule has 0 amide bonds. The average Bonchev–Trinajstić information content (AvgIpc) is 2.67. The minimum atomic E-state index is -1.07. The number of nitrogens with zero attached hydrogens (tertiary/aromatic N) is 1. The minimum absolute atomic E-state index is 0.117. The van der Waals surface area contributed by atoms with E-state index in [1.165, 1.54) is 25.3 Å². The van der Waals surface area contributed by atoms with Gasteiger partial charge in [0.25, 0.3) is 0 Å². The van der Waals surface area contributed by atoms with Gasteiger partial charge in [-0.05, 0) is 35.0 Å². The summed E-state index contributed by atoms with van der Waals surface area (Å²) in [6.07, 6.45) is 0. The maximum atomic E-state index is 12.0. The zero-order chi connectivity index (χ0) is 19.1. The number of rotatable bonds is 3. The topological polar surface area (TPSA) is 82.5 Å². The average molecular weight is 379 g/mol. The summed E-state index contributed by atoms with van der Waals surface area (Å²) < 4.78 is 5.07. The van der Waals surface area contributed by atoms with E-state index in [4.69, 9.17) is 16.3 Å². The maximum absolute atomic E-state index is 12.0. The van der Waals surface area contributed by atoms with Crippen LogP contribution in [0.25, 0.3) is 32.9 Å². The van der Waals surface area contributed by atoms with Crippen LogP contribution in [0.5, 0.6) is 11.5 Å². The Bertz CT molecular complexity index is 1220. The van der Waals surface area contributed by atoms with Crippen molar-refractivity contribution >= 4 is 39.2 Å². The van der Waals surface area contributed by atoms with Crippen molar-refractivity contribution in [3.8, 4) is 22.8 Å². The smallest absolute Gasteiger partial charge is 0.336 e. The molecule has 0 unspecified atom stereocenters. The molecule has 27 heavy (non-hydrogen) atoms. The fourth-order valence-electron chi connectivity index (χ4n) is 3.20. The molecule has 4 aromatic rings. The van der Waals surface area contributed by atoms with Gasteiger partial charge in [0.15, 0.2) is 0 Å². The van der Waals surface area contributed by atoms with E-state index in [9.17, 15) is 15.0 Å². The van der Waals surface area contributed by atoms with Gasteiger partial charge in [0.1, 0.15) is 5.75 Å². The number of carboxylic acid groups (broad SMARTS) is 1. The Morgan fingerprint density at radius 2 is 1.93 bits per heavy atom. The summed E-state index contributed by atoms with van der Waals surface area (Å²) >= 11 is 6.23. The van der Waals surface area contributed by atoms with Gasteiger partial charge in [-0.1, -0.05) is 47.7 Å². The normalized spacial score (nSPS) is 11.0. The molecule has 0 aliphatic carbocycles. The van der Waals surface area contributed by atoms with E-state index >= 15 is 0 Å². The largest absolute Gasteiger partial charge is 0.870 e. The van der Waals surface area contributed by atoms with Gasteiger partial charge in [0.05, 0.1) is 23.9 Å². The summed E-state index contributed by atoms with van der Waals surface area (Å²) in [7, 11) is 1.39. The Balaban J connectivity index is 2.07. The molecule has 0 bridgehead atoms. The van der Waals surface area contributed by atoms with Crippen LogP contribution in [-0.2, 0) is 0 Å². The highest BCUT2D eigenvalue weighted by atomic mass is 35.5. The lowest BCUT2D eigenvalue weighted by Gasteiger charge is -2.16. The first kappa shape index (κ1) is 17.1. The van der Waals surface area contributed by atoms with Crippen molar-refractivity contribution < 1.29 is 19.7 Å². The van der Waals surface area contributed by atoms with Crippen LogP contribution in [0.2, 0.25) is 5.02 Å². The standard InChI is InChI=1S/C21H14ClNO4/c1-27-19-9-13(15(22)10-18(19)24)17-8-14(21(25)26)20-12-5-3-2-4-11(12)6-7-16(20)23-17/h2-10,24H,1H3,(H,25,26)/p-1. The van der Waals surface area contributed by atoms with Crippen molar-refractivity contribution in [1.29, 1.82) is 0 Å². The number of fused-ring (bicyclic) bond motifs is 3. The third-order valence-corrected chi connectivity index (χ3v) is 4.77. The number of hydrogen-bond donors (Lipinski definition) is 1. The molecule has 0 radical (unpaired) electrons. The number of carbonyl (C=O) groups is 1. The van der Waals surface area contributed by atoms with E-state index in [0.717, 1.165) is 10.8 Å². The fourth-order valence-corrected chi connectivity index (χ4v) is 3.46. The van der Waals surface area contributed by atoms with Crippen molar-refractivity contribution in [1.82, 2.24) is 4.98 Å². The highest BCUT2D eigenvalue weighted by molar-refractivity contribution is 6.33. The lowest BCUT2D eigenvalue weighted by atomic mass is 9.98. The summed E-state index contributed by atoms with van der Waals surface area (Å²) in [6.45, 7) is 0. The number of aromatic nitrogens is 1. The zero-order valence-electron chi connectivity index (χ0n) is 14.2. The number of methoxy groups -OCH3 is 1. The highest BCUT2D eigenvalue weighted by Gasteiger charge is 2.17. The molecule has 4 rings (SSSR count). The van der Waals surface area contributed by atoms with Gasteiger partial charge in [-0.2, -0.15) is 0 Å². The van der Waals surface area contributed by atoms with Gasteiger partial charge in [-0.3, -0.25) is 0 Å². The molecule has 1 heterocycles. The molecule has 5 nitrogen and oxygen atoms in total. The first-order valence-corrected chi connectivity index (χ1v) is 8.48. The predicted molar refractivity (Wildman–Crippen MR) is 103 cm³/mol. The van der Waals surface area contributed by atoms with E-state index in [0.29, 0.717) is 22.2 Å². The van der Waals surface area contributed by atoms with Crippen LogP contribution in [0.3, 0.4) is 0 Å². The van der Waals surface area contributed by atoms with Crippen LogP contribution in [0.4, 0.5) is 0 Å². The third kappa shape index (κ3) is 2.82. The molecule has 0 saturated heterocycles. The van der Waals surface area contributed by atoms with Crippen LogP contribution in [0.15, 0.2) is 54.6 Å². The molecule has 0 atom stereocenters. The molecule has 0 saturated carbocycles. The summed E-state index contributed by atoms with van der Waals surface area (Å²) in [5, 5.41) is 24.1. The Hall–Kier alpha value is -3.31. The fraction of sp³-hybridized carbons (Fsp3) is 0.0476. The SMILES string of the molecule is COc1cc(-c2cc(C(=O)O)c3c(ccc4ccccc43)n2)c(Cl)cc1[O-]. The van der Waals surface area contributed by atoms with Crippen LogP contribution < -0.4 is 9.84 Å². The van der Waals surface area contributed by atoms with E-state index in [1.54, 1.807) is 6.07 Å². The van der Waals surface area contributed by atoms with Crippen molar-refractivity contribution in [2.24, 2.45) is 0 Å². The summed E-state index contributed by atoms with van der Waals surface area (Å²) in [6, 6.07) is 15.4. The Morgan fingerprint density at radius 3 is 2.67 bits per heavy atom. The molecule has 0 aliphatic heterocycles. The molecular weight excluding hydrogens is 366 g/mol. The predicted octanol–water partition coefficient (Wildman–Crippen LogP) is 4.49. The van der Waals surface area contributed by atoms with Crippen LogP contribution in [0.1, 0.15) is 10.4 Å². The van der Waals surface area contributed by atoms with Crippen molar-refractivity contribution in [3.63, 3.8) is 0 Å². The second-order valence-corrected chi connectivity index (χ2v) is 6.43. The Morgan fingerprint density at radius 1 is 1.15 bits per heavy atom. The molecule has 0 fully saturated rings. The third-order valence-electron chi connectivity index (χ3n) is 4.46. The van der Waals surface area contributed by atoms with Gasteiger partial charge >= 0.3 is 5.97 Å². The van der Waals surface area contributed by atoms with Crippen molar-refractivity contribution in [2.45, 2.75) is 0 Å². The molecule has 134 valence electrons. The van der Waals surface area contributed by atoms with Crippen molar-refractivity contribution in [3.05, 3.63) is 65.2 Å². The number of benzene rings is 3. The van der Waals surface area contributed by atoms with E-state index < -0.39 is 5.97 Å². The van der Waals surface area contributed by atoms with Gasteiger partial charge in [-0.25, -0.2) is 9.78 Å². The lowest BCUT2D eigenvalue weighted by Crippen LogP contribution is -2.02. The van der Waals surface area contributed by atoms with E-state index in [1.807, 2.05) is 30.3 Å². The summed E-state index contributed by atoms with van der Waals surface area (Å²) in [5.41, 5.74) is 1.45. The second kappa shape index (κ2) is 6.45. The molecule has 3 aromatic carbocycles. The highest BCUT2D eigenvalue weighted by Crippen LogP contribution is 2.38. The molecule has 1 aromatic heterocycles. The number of hydrogen-bond acceptors (Lipinski definition) is 4. The van der Waals surface area contributed by atoms with Crippen LogP contribution in [-0.4, -0.2) is 23.2 Å². The lowest BCUT2D eigenvalue weighted by molar-refractivity contribution is -0.270. The summed E-state index contributed by atoms with van der Waals surface area (Å²) in [5.74, 6) is -1.30. The van der Waals surface area contributed by atoms with Gasteiger partial charge in [-0.15, -0.1) is 0 Å². The molecule has 1 N–H and O–H groups in total. The molecule has 6 heteroatoms. The number of carboxylic acids is 1. The van der Waals surface area contributed by atoms with Crippen LogP contribution >= 0.6 is 11.6 Å². The number of aromatic carboxylic acids is 1. The molecule has 0 spiro atoms. The van der Waals surface area contributed by atoms with E-state index in [-0.39, 0.29) is 22.1 Å². The first-order chi connectivity index (χ1) is 13.0. The van der Waals surface area contributed by atoms with Crippen molar-refractivity contribution in [2.75, 3.05) is 7.11 Å². The first-order valence-electron chi connectivity index (χ1n) is 8.10. The maximum Gasteiger partial charge on any atom is 0.336 e. The Kier molecular flexibility index (Phi) is 4.09. The number of ether oxygens (including phenoxy) is 1. The van der Waals surface area contributed by atoms with Gasteiger partial charge in [0.2, 0.25) is 0 Å². The second-order valence-electron chi connectivity index (χ2n) is 6.02. The summed E-state index contributed by atoms with van der Waals surface area (Å²) in [4.78, 5) is 16.6. The van der Waals surface area contributed by atoms with Gasteiger partial charge < -0.3 is 14.9 Å². The van der Waals surface area contributed by atoms with E-state index in [2.05, 4.69) is 4.98 Å². The van der Waals surface area contributed by atoms with Crippen LogP contribution in [0, 0.1) is 0 Å². The quantitative estimate of drug-likeness (QED) is 0.531.